The van der Waals surface area contributed by atoms with E-state index in [0.29, 0.717) is 21.8 Å². The molecule has 0 aliphatic rings. The van der Waals surface area contributed by atoms with Crippen LogP contribution in [0.4, 0.5) is 0 Å². The van der Waals surface area contributed by atoms with E-state index < -0.39 is 0 Å². The molecule has 118 valence electrons. The van der Waals surface area contributed by atoms with Gasteiger partial charge in [-0.1, -0.05) is 44.5 Å². The Hall–Kier alpha value is -1.98. The predicted octanol–water partition coefficient (Wildman–Crippen LogP) is 4.41. The van der Waals surface area contributed by atoms with Gasteiger partial charge in [0.1, 0.15) is 0 Å². The Morgan fingerprint density at radius 3 is 2.74 bits per heavy atom. The Labute approximate surface area is 142 Å². The molecule has 23 heavy (non-hydrogen) atoms. The van der Waals surface area contributed by atoms with Crippen LogP contribution in [-0.2, 0) is 5.41 Å². The van der Waals surface area contributed by atoms with Gasteiger partial charge in [0.2, 0.25) is 0 Å². The number of para-hydroxylation sites is 1. The Morgan fingerprint density at radius 2 is 2.04 bits per heavy atom. The highest BCUT2D eigenvalue weighted by Gasteiger charge is 2.17. The van der Waals surface area contributed by atoms with E-state index in [0.717, 1.165) is 9.88 Å². The van der Waals surface area contributed by atoms with Gasteiger partial charge in [-0.15, -0.1) is 11.3 Å². The molecule has 2 aromatic heterocycles. The van der Waals surface area contributed by atoms with E-state index in [9.17, 15) is 4.79 Å². The van der Waals surface area contributed by atoms with E-state index in [2.05, 4.69) is 35.7 Å². The SMILES string of the molecule is CC(C)(C)c1ncc(/C=C(\Cl)c2nc3ccccc3c(=O)[nH]2)s1. The lowest BCUT2D eigenvalue weighted by atomic mass is 9.98. The summed E-state index contributed by atoms with van der Waals surface area (Å²) in [7, 11) is 0. The predicted molar refractivity (Wildman–Crippen MR) is 96.9 cm³/mol. The number of nitrogens with zero attached hydrogens (tertiary/aromatic N) is 2. The lowest BCUT2D eigenvalue weighted by Crippen LogP contribution is -2.10. The molecule has 4 nitrogen and oxygen atoms in total. The molecule has 0 fully saturated rings. The second kappa shape index (κ2) is 5.91. The number of benzene rings is 1. The molecule has 0 radical (unpaired) electrons. The van der Waals surface area contributed by atoms with Gasteiger partial charge in [-0.3, -0.25) is 4.79 Å². The average Bonchev–Trinajstić information content (AvgIpc) is 2.96. The van der Waals surface area contributed by atoms with Crippen LogP contribution in [-0.4, -0.2) is 15.0 Å². The number of aromatic amines is 1. The molecule has 1 N–H and O–H groups in total. The van der Waals surface area contributed by atoms with Crippen molar-refractivity contribution in [3.8, 4) is 0 Å². The standard InChI is InChI=1S/C17H16ClN3OS/c1-17(2,3)16-19-9-10(23-16)8-12(18)14-20-13-7-5-4-6-11(13)15(22)21-14/h4-9H,1-3H3,(H,20,21,22)/b12-8-. The summed E-state index contributed by atoms with van der Waals surface area (Å²) in [6, 6.07) is 7.18. The molecule has 0 saturated heterocycles. The Balaban J connectivity index is 2.01. The van der Waals surface area contributed by atoms with E-state index >= 15 is 0 Å². The Kier molecular flexibility index (Phi) is 4.08. The van der Waals surface area contributed by atoms with Crippen LogP contribution in [0.5, 0.6) is 0 Å². The highest BCUT2D eigenvalue weighted by Crippen LogP contribution is 2.29. The minimum absolute atomic E-state index is 0.00124. The summed E-state index contributed by atoms with van der Waals surface area (Å²) in [5, 5.41) is 1.97. The van der Waals surface area contributed by atoms with Gasteiger partial charge in [-0.05, 0) is 18.2 Å². The monoisotopic (exact) mass is 345 g/mol. The molecule has 0 aliphatic carbocycles. The topological polar surface area (TPSA) is 58.6 Å². The van der Waals surface area contributed by atoms with E-state index in [-0.39, 0.29) is 11.0 Å². The van der Waals surface area contributed by atoms with Gasteiger partial charge in [-0.2, -0.15) is 0 Å². The number of H-pyrrole nitrogens is 1. The quantitative estimate of drug-likeness (QED) is 0.748. The summed E-state index contributed by atoms with van der Waals surface area (Å²) < 4.78 is 0. The summed E-state index contributed by atoms with van der Waals surface area (Å²) in [6.45, 7) is 6.34. The van der Waals surface area contributed by atoms with Crippen molar-refractivity contribution in [3.05, 3.63) is 56.5 Å². The molecule has 6 heteroatoms. The normalized spacial score (nSPS) is 12.8. The van der Waals surface area contributed by atoms with Crippen LogP contribution >= 0.6 is 22.9 Å². The van der Waals surface area contributed by atoms with Crippen LogP contribution in [0, 0.1) is 0 Å². The molecule has 0 atom stereocenters. The molecule has 0 bridgehead atoms. The van der Waals surface area contributed by atoms with Crippen molar-refractivity contribution in [1.82, 2.24) is 15.0 Å². The minimum atomic E-state index is -0.197. The second-order valence-corrected chi connectivity index (χ2v) is 7.71. The first-order chi connectivity index (χ1) is 10.8. The van der Waals surface area contributed by atoms with Crippen molar-refractivity contribution in [2.45, 2.75) is 26.2 Å². The summed E-state index contributed by atoms with van der Waals surface area (Å²) in [6.07, 6.45) is 3.56. The van der Waals surface area contributed by atoms with Gasteiger partial charge < -0.3 is 4.98 Å². The van der Waals surface area contributed by atoms with Crippen LogP contribution in [0.3, 0.4) is 0 Å². The maximum Gasteiger partial charge on any atom is 0.259 e. The fourth-order valence-electron chi connectivity index (χ4n) is 2.09. The summed E-state index contributed by atoms with van der Waals surface area (Å²) in [5.74, 6) is 0.362. The van der Waals surface area contributed by atoms with Crippen molar-refractivity contribution in [3.63, 3.8) is 0 Å². The molecule has 0 unspecified atom stereocenters. The highest BCUT2D eigenvalue weighted by molar-refractivity contribution is 7.12. The molecular formula is C17H16ClN3OS. The molecule has 1 aromatic carbocycles. The fourth-order valence-corrected chi connectivity index (χ4v) is 3.28. The van der Waals surface area contributed by atoms with E-state index in [1.807, 2.05) is 12.1 Å². The van der Waals surface area contributed by atoms with Crippen LogP contribution in [0.15, 0.2) is 35.3 Å². The van der Waals surface area contributed by atoms with E-state index in [1.165, 1.54) is 0 Å². The van der Waals surface area contributed by atoms with Crippen molar-refractivity contribution >= 4 is 44.9 Å². The second-order valence-electron chi connectivity index (χ2n) is 6.24. The smallest absolute Gasteiger partial charge is 0.259 e. The first kappa shape index (κ1) is 15.9. The number of fused-ring (bicyclic) bond motifs is 1. The third kappa shape index (κ3) is 3.35. The molecule has 2 heterocycles. The lowest BCUT2D eigenvalue weighted by molar-refractivity contribution is 0.585. The van der Waals surface area contributed by atoms with Gasteiger partial charge in [-0.25, -0.2) is 9.97 Å². The summed E-state index contributed by atoms with van der Waals surface area (Å²) in [5.41, 5.74) is 0.424. The van der Waals surface area contributed by atoms with Crippen LogP contribution in [0.2, 0.25) is 0 Å². The van der Waals surface area contributed by atoms with Gasteiger partial charge in [0, 0.05) is 16.5 Å². The molecule has 3 rings (SSSR count). The van der Waals surface area contributed by atoms with Crippen LogP contribution in [0.1, 0.15) is 36.5 Å². The zero-order valence-corrected chi connectivity index (χ0v) is 14.6. The van der Waals surface area contributed by atoms with Gasteiger partial charge in [0.25, 0.3) is 5.56 Å². The zero-order valence-electron chi connectivity index (χ0n) is 13.1. The van der Waals surface area contributed by atoms with Crippen molar-refractivity contribution in [1.29, 1.82) is 0 Å². The number of rotatable bonds is 2. The molecule has 0 spiro atoms. The Bertz CT molecular complexity index is 950. The van der Waals surface area contributed by atoms with Crippen molar-refractivity contribution in [2.75, 3.05) is 0 Å². The maximum atomic E-state index is 12.1. The van der Waals surface area contributed by atoms with Gasteiger partial charge in [0.05, 0.1) is 20.9 Å². The van der Waals surface area contributed by atoms with Crippen LogP contribution in [0.25, 0.3) is 22.0 Å². The van der Waals surface area contributed by atoms with Crippen LogP contribution < -0.4 is 5.56 Å². The maximum absolute atomic E-state index is 12.1. The summed E-state index contributed by atoms with van der Waals surface area (Å²) in [4.78, 5) is 24.6. The lowest BCUT2D eigenvalue weighted by Gasteiger charge is -2.13. The Morgan fingerprint density at radius 1 is 1.30 bits per heavy atom. The molecule has 0 aliphatic heterocycles. The first-order valence-corrected chi connectivity index (χ1v) is 8.37. The molecule has 0 saturated carbocycles. The first-order valence-electron chi connectivity index (χ1n) is 7.17. The fraction of sp³-hybridized carbons (Fsp3) is 0.235. The van der Waals surface area contributed by atoms with Gasteiger partial charge >= 0.3 is 0 Å². The molecular weight excluding hydrogens is 330 g/mol. The number of hydrogen-bond acceptors (Lipinski definition) is 4. The number of halogens is 1. The van der Waals surface area contributed by atoms with E-state index in [4.69, 9.17) is 11.6 Å². The van der Waals surface area contributed by atoms with E-state index in [1.54, 1.807) is 35.7 Å². The van der Waals surface area contributed by atoms with Crippen molar-refractivity contribution in [2.24, 2.45) is 0 Å². The number of hydrogen-bond donors (Lipinski definition) is 1. The number of aromatic nitrogens is 3. The minimum Gasteiger partial charge on any atom is -0.305 e. The van der Waals surface area contributed by atoms with Crippen molar-refractivity contribution < 1.29 is 0 Å². The molecule has 0 amide bonds. The average molecular weight is 346 g/mol. The zero-order chi connectivity index (χ0) is 16.6. The largest absolute Gasteiger partial charge is 0.305 e. The van der Waals surface area contributed by atoms with Gasteiger partial charge in [0.15, 0.2) is 5.82 Å². The third-order valence-corrected chi connectivity index (χ3v) is 4.93. The number of nitrogens with one attached hydrogen (secondary N) is 1. The third-order valence-electron chi connectivity index (χ3n) is 3.27. The molecule has 3 aromatic rings. The number of thiazole rings is 1. The highest BCUT2D eigenvalue weighted by atomic mass is 35.5. The summed E-state index contributed by atoms with van der Waals surface area (Å²) >= 11 is 7.92.